The summed E-state index contributed by atoms with van der Waals surface area (Å²) >= 11 is 0. The molecule has 0 atom stereocenters. The van der Waals surface area contributed by atoms with Gasteiger partial charge in [0, 0.05) is 30.7 Å². The van der Waals surface area contributed by atoms with Crippen molar-refractivity contribution in [2.45, 2.75) is 26.7 Å². The van der Waals surface area contributed by atoms with Crippen LogP contribution in [0, 0.1) is 13.8 Å². The first kappa shape index (κ1) is 12.2. The molecule has 2 aromatic rings. The zero-order valence-electron chi connectivity index (χ0n) is 11.7. The van der Waals surface area contributed by atoms with Crippen molar-refractivity contribution in [2.24, 2.45) is 0 Å². The van der Waals surface area contributed by atoms with Crippen LogP contribution in [-0.2, 0) is 12.8 Å². The maximum atomic E-state index is 4.36. The summed E-state index contributed by atoms with van der Waals surface area (Å²) in [6.45, 7) is 6.43. The summed E-state index contributed by atoms with van der Waals surface area (Å²) < 4.78 is 0. The van der Waals surface area contributed by atoms with Gasteiger partial charge in [-0.3, -0.25) is 4.98 Å². The average Bonchev–Trinajstić information content (AvgIpc) is 2.80. The fourth-order valence-electron chi connectivity index (χ4n) is 2.74. The van der Waals surface area contributed by atoms with Crippen molar-refractivity contribution >= 4 is 5.69 Å². The van der Waals surface area contributed by atoms with Crippen LogP contribution >= 0.6 is 0 Å². The summed E-state index contributed by atoms with van der Waals surface area (Å²) in [5.74, 6) is 0. The van der Waals surface area contributed by atoms with Crippen molar-refractivity contribution in [2.75, 3.05) is 18.0 Å². The number of aryl methyl sites for hydroxylation is 2. The number of aromatic nitrogens is 1. The number of fused-ring (bicyclic) bond motifs is 1. The third-order valence-corrected chi connectivity index (χ3v) is 3.87. The third kappa shape index (κ3) is 2.62. The minimum atomic E-state index is 1.07. The minimum absolute atomic E-state index is 1.07. The van der Waals surface area contributed by atoms with Gasteiger partial charge in [0.05, 0.1) is 0 Å². The molecule has 0 amide bonds. The molecular formula is C17H20N2. The van der Waals surface area contributed by atoms with Crippen molar-refractivity contribution in [3.05, 3.63) is 58.9 Å². The Bertz CT molecular complexity index is 572. The molecule has 1 aromatic carbocycles. The molecule has 1 aliphatic heterocycles. The highest BCUT2D eigenvalue weighted by molar-refractivity contribution is 5.59. The molecule has 0 unspecified atom stereocenters. The Morgan fingerprint density at radius 3 is 2.84 bits per heavy atom. The first-order valence-electron chi connectivity index (χ1n) is 6.98. The molecule has 0 aliphatic carbocycles. The van der Waals surface area contributed by atoms with Gasteiger partial charge in [0.2, 0.25) is 0 Å². The number of nitrogens with zero attached hydrogens (tertiary/aromatic N) is 2. The highest BCUT2D eigenvalue weighted by Crippen LogP contribution is 2.28. The average molecular weight is 252 g/mol. The van der Waals surface area contributed by atoms with Crippen molar-refractivity contribution in [3.63, 3.8) is 0 Å². The normalized spacial score (nSPS) is 13.7. The Labute approximate surface area is 115 Å². The molecule has 0 radical (unpaired) electrons. The Balaban J connectivity index is 1.68. The van der Waals surface area contributed by atoms with Gasteiger partial charge in [0.25, 0.3) is 0 Å². The van der Waals surface area contributed by atoms with Gasteiger partial charge in [0.1, 0.15) is 0 Å². The number of benzene rings is 1. The lowest BCUT2D eigenvalue weighted by atomic mass is 10.1. The van der Waals surface area contributed by atoms with E-state index in [4.69, 9.17) is 0 Å². The van der Waals surface area contributed by atoms with E-state index in [1.54, 1.807) is 0 Å². The van der Waals surface area contributed by atoms with Gasteiger partial charge in [-0.1, -0.05) is 23.8 Å². The molecule has 19 heavy (non-hydrogen) atoms. The monoisotopic (exact) mass is 252 g/mol. The molecule has 0 spiro atoms. The summed E-state index contributed by atoms with van der Waals surface area (Å²) in [4.78, 5) is 6.86. The van der Waals surface area contributed by atoms with E-state index in [9.17, 15) is 0 Å². The third-order valence-electron chi connectivity index (χ3n) is 3.87. The lowest BCUT2D eigenvalue weighted by Gasteiger charge is -2.19. The quantitative estimate of drug-likeness (QED) is 0.833. The van der Waals surface area contributed by atoms with E-state index < -0.39 is 0 Å². The summed E-state index contributed by atoms with van der Waals surface area (Å²) in [5.41, 5.74) is 6.70. The minimum Gasteiger partial charge on any atom is -0.371 e. The van der Waals surface area contributed by atoms with E-state index >= 15 is 0 Å². The molecule has 1 aliphatic rings. The second kappa shape index (κ2) is 5.04. The molecule has 98 valence electrons. The van der Waals surface area contributed by atoms with Crippen molar-refractivity contribution in [1.29, 1.82) is 0 Å². The molecule has 0 fully saturated rings. The van der Waals surface area contributed by atoms with E-state index in [0.717, 1.165) is 25.2 Å². The van der Waals surface area contributed by atoms with Gasteiger partial charge in [-0.05, 0) is 49.9 Å². The molecule has 0 N–H and O–H groups in total. The number of pyridine rings is 1. The maximum absolute atomic E-state index is 4.36. The van der Waals surface area contributed by atoms with Crippen molar-refractivity contribution in [3.8, 4) is 0 Å². The van der Waals surface area contributed by atoms with Crippen LogP contribution in [-0.4, -0.2) is 18.1 Å². The van der Waals surface area contributed by atoms with Crippen LogP contribution < -0.4 is 4.90 Å². The second-order valence-corrected chi connectivity index (χ2v) is 5.43. The lowest BCUT2D eigenvalue weighted by Crippen LogP contribution is -2.23. The second-order valence-electron chi connectivity index (χ2n) is 5.43. The molecule has 2 heteroatoms. The van der Waals surface area contributed by atoms with Crippen molar-refractivity contribution in [1.82, 2.24) is 4.98 Å². The Kier molecular flexibility index (Phi) is 3.24. The van der Waals surface area contributed by atoms with E-state index in [-0.39, 0.29) is 0 Å². The Morgan fingerprint density at radius 1 is 1.16 bits per heavy atom. The maximum Gasteiger partial charge on any atom is 0.0399 e. The van der Waals surface area contributed by atoms with E-state index in [0.29, 0.717) is 0 Å². The van der Waals surface area contributed by atoms with Gasteiger partial charge in [-0.25, -0.2) is 0 Å². The molecule has 3 rings (SSSR count). The van der Waals surface area contributed by atoms with Gasteiger partial charge >= 0.3 is 0 Å². The smallest absolute Gasteiger partial charge is 0.0399 e. The van der Waals surface area contributed by atoms with Gasteiger partial charge in [-0.15, -0.1) is 0 Å². The van der Waals surface area contributed by atoms with E-state index in [2.05, 4.69) is 47.1 Å². The molecular weight excluding hydrogens is 232 g/mol. The van der Waals surface area contributed by atoms with Crippen LogP contribution in [0.1, 0.15) is 22.4 Å². The number of hydrogen-bond acceptors (Lipinski definition) is 2. The van der Waals surface area contributed by atoms with Crippen molar-refractivity contribution < 1.29 is 0 Å². The highest BCUT2D eigenvalue weighted by atomic mass is 15.1. The van der Waals surface area contributed by atoms with Crippen LogP contribution in [0.4, 0.5) is 5.69 Å². The molecule has 2 heterocycles. The van der Waals surface area contributed by atoms with E-state index in [1.165, 1.54) is 28.8 Å². The first-order valence-corrected chi connectivity index (χ1v) is 6.98. The SMILES string of the molecule is Cc1ccc2c(c1)CCN2CCc1ccc(C)nc1. The van der Waals surface area contributed by atoms with Gasteiger partial charge in [0.15, 0.2) is 0 Å². The number of anilines is 1. The predicted octanol–water partition coefficient (Wildman–Crippen LogP) is 3.30. The van der Waals surface area contributed by atoms with Crippen LogP contribution in [0.2, 0.25) is 0 Å². The lowest BCUT2D eigenvalue weighted by molar-refractivity contribution is 0.810. The fourth-order valence-corrected chi connectivity index (χ4v) is 2.74. The summed E-state index contributed by atoms with van der Waals surface area (Å²) in [6, 6.07) is 11.1. The molecule has 2 nitrogen and oxygen atoms in total. The zero-order chi connectivity index (χ0) is 13.2. The summed E-state index contributed by atoms with van der Waals surface area (Å²) in [6.07, 6.45) is 4.26. The molecule has 1 aromatic heterocycles. The predicted molar refractivity (Wildman–Crippen MR) is 79.8 cm³/mol. The summed E-state index contributed by atoms with van der Waals surface area (Å²) in [7, 11) is 0. The first-order chi connectivity index (χ1) is 9.22. The van der Waals surface area contributed by atoms with Crippen LogP contribution in [0.3, 0.4) is 0 Å². The van der Waals surface area contributed by atoms with E-state index in [1.807, 2.05) is 13.1 Å². The van der Waals surface area contributed by atoms with Gasteiger partial charge < -0.3 is 4.90 Å². The standard InChI is InChI=1S/C17H20N2/c1-13-3-6-17-16(11-13)8-10-19(17)9-7-15-5-4-14(2)18-12-15/h3-6,11-12H,7-10H2,1-2H3. The number of hydrogen-bond donors (Lipinski definition) is 0. The Hall–Kier alpha value is -1.83. The van der Waals surface area contributed by atoms with Crippen LogP contribution in [0.15, 0.2) is 36.5 Å². The fraction of sp³-hybridized carbons (Fsp3) is 0.353. The summed E-state index contributed by atoms with van der Waals surface area (Å²) in [5, 5.41) is 0. The molecule has 0 saturated heterocycles. The van der Waals surface area contributed by atoms with Crippen LogP contribution in [0.25, 0.3) is 0 Å². The number of rotatable bonds is 3. The van der Waals surface area contributed by atoms with Crippen LogP contribution in [0.5, 0.6) is 0 Å². The zero-order valence-corrected chi connectivity index (χ0v) is 11.7. The largest absolute Gasteiger partial charge is 0.371 e. The topological polar surface area (TPSA) is 16.1 Å². The Morgan fingerprint density at radius 2 is 2.05 bits per heavy atom. The molecule has 0 bridgehead atoms. The highest BCUT2D eigenvalue weighted by Gasteiger charge is 2.18. The molecule has 0 saturated carbocycles. The van der Waals surface area contributed by atoms with Gasteiger partial charge in [-0.2, -0.15) is 0 Å².